The summed E-state index contributed by atoms with van der Waals surface area (Å²) >= 11 is 0. The van der Waals surface area contributed by atoms with Gasteiger partial charge >= 0.3 is 5.63 Å². The minimum absolute atomic E-state index is 0.0713. The van der Waals surface area contributed by atoms with Crippen LogP contribution in [0.3, 0.4) is 0 Å². The van der Waals surface area contributed by atoms with Crippen LogP contribution in [0.15, 0.2) is 57.7 Å². The zero-order valence-electron chi connectivity index (χ0n) is 23.5. The molecule has 0 bridgehead atoms. The van der Waals surface area contributed by atoms with Crippen LogP contribution in [0.4, 0.5) is 5.69 Å². The molecule has 3 rings (SSSR count). The number of phenolic OH excluding ortho intramolecular Hbond substituents is 1. The van der Waals surface area contributed by atoms with Gasteiger partial charge in [-0.1, -0.05) is 39.8 Å². The molecule has 3 atom stereocenters. The first-order valence-electron chi connectivity index (χ1n) is 13.3. The molecule has 0 unspecified atom stereocenters. The number of rotatable bonds is 11. The van der Waals surface area contributed by atoms with Crippen LogP contribution in [0.2, 0.25) is 0 Å². The molecule has 0 spiro atoms. The lowest BCUT2D eigenvalue weighted by atomic mass is 9.99. The zero-order valence-corrected chi connectivity index (χ0v) is 23.5. The summed E-state index contributed by atoms with van der Waals surface area (Å²) in [5.74, 6) is -1.48. The number of amides is 3. The Kier molecular flexibility index (Phi) is 10.1. The van der Waals surface area contributed by atoms with Crippen molar-refractivity contribution in [3.05, 3.63) is 70.1 Å². The molecular formula is C30H38N4O6. The number of hydrogen-bond acceptors (Lipinski definition) is 7. The van der Waals surface area contributed by atoms with Crippen LogP contribution in [0.5, 0.6) is 5.75 Å². The van der Waals surface area contributed by atoms with Crippen molar-refractivity contribution < 1.29 is 23.9 Å². The number of aryl methyl sites for hydroxylation is 1. The van der Waals surface area contributed by atoms with Crippen LogP contribution < -0.4 is 27.3 Å². The molecule has 0 radical (unpaired) electrons. The summed E-state index contributed by atoms with van der Waals surface area (Å²) in [7, 11) is 0. The molecule has 2 aromatic carbocycles. The molecule has 0 fully saturated rings. The largest absolute Gasteiger partial charge is 0.508 e. The summed E-state index contributed by atoms with van der Waals surface area (Å²) in [6, 6.07) is 9.95. The fourth-order valence-corrected chi connectivity index (χ4v) is 4.38. The van der Waals surface area contributed by atoms with Crippen molar-refractivity contribution in [3.63, 3.8) is 0 Å². The highest BCUT2D eigenvalue weighted by molar-refractivity contribution is 6.00. The van der Waals surface area contributed by atoms with E-state index in [2.05, 4.69) is 16.0 Å². The van der Waals surface area contributed by atoms with Crippen molar-refractivity contribution in [3.8, 4) is 5.75 Å². The van der Waals surface area contributed by atoms with E-state index in [9.17, 15) is 24.3 Å². The second-order valence-electron chi connectivity index (χ2n) is 10.8. The molecule has 40 heavy (non-hydrogen) atoms. The van der Waals surface area contributed by atoms with Gasteiger partial charge in [0.25, 0.3) is 0 Å². The van der Waals surface area contributed by atoms with Crippen molar-refractivity contribution in [1.29, 1.82) is 0 Å². The van der Waals surface area contributed by atoms with Crippen molar-refractivity contribution in [2.45, 2.75) is 65.6 Å². The second kappa shape index (κ2) is 13.3. The smallest absolute Gasteiger partial charge is 0.336 e. The second-order valence-corrected chi connectivity index (χ2v) is 10.8. The normalized spacial score (nSPS) is 13.6. The van der Waals surface area contributed by atoms with Gasteiger partial charge in [0.1, 0.15) is 23.4 Å². The molecular weight excluding hydrogens is 512 g/mol. The Bertz CT molecular complexity index is 1410. The Balaban J connectivity index is 1.84. The lowest BCUT2D eigenvalue weighted by molar-refractivity contribution is -0.132. The van der Waals surface area contributed by atoms with Crippen LogP contribution in [0.25, 0.3) is 11.0 Å². The van der Waals surface area contributed by atoms with E-state index in [-0.39, 0.29) is 24.0 Å². The summed E-state index contributed by atoms with van der Waals surface area (Å²) in [5, 5.41) is 18.7. The lowest BCUT2D eigenvalue weighted by Crippen LogP contribution is -2.57. The van der Waals surface area contributed by atoms with Gasteiger partial charge in [-0.3, -0.25) is 14.4 Å². The highest BCUT2D eigenvalue weighted by atomic mass is 16.4. The third-order valence-electron chi connectivity index (χ3n) is 6.54. The third-order valence-corrected chi connectivity index (χ3v) is 6.54. The summed E-state index contributed by atoms with van der Waals surface area (Å²) < 4.78 is 5.28. The Labute approximate surface area is 233 Å². The van der Waals surface area contributed by atoms with Crippen LogP contribution in [0, 0.1) is 18.8 Å². The Morgan fingerprint density at radius 1 is 0.925 bits per heavy atom. The average Bonchev–Trinajstić information content (AvgIpc) is 2.86. The quantitative estimate of drug-likeness (QED) is 0.229. The van der Waals surface area contributed by atoms with Gasteiger partial charge in [0.2, 0.25) is 17.7 Å². The van der Waals surface area contributed by atoms with Gasteiger partial charge in [0, 0.05) is 29.6 Å². The fraction of sp³-hybridized carbons (Fsp3) is 0.400. The number of nitrogens with two attached hydrogens (primary N) is 1. The SMILES string of the molecule is Cc1cc(=O)oc2cc(NC(=O)[C@@H](Cc3ccc(O)cc3)NC(=O)[C@H](NC(=O)[C@H](N)CC(C)C)C(C)C)ccc12. The van der Waals surface area contributed by atoms with Crippen LogP contribution >= 0.6 is 0 Å². The maximum absolute atomic E-state index is 13.5. The van der Waals surface area contributed by atoms with E-state index in [0.29, 0.717) is 23.3 Å². The summed E-state index contributed by atoms with van der Waals surface area (Å²) in [6.07, 6.45) is 0.584. The van der Waals surface area contributed by atoms with Crippen molar-refractivity contribution >= 4 is 34.4 Å². The minimum Gasteiger partial charge on any atom is -0.508 e. The molecule has 0 aliphatic heterocycles. The summed E-state index contributed by atoms with van der Waals surface area (Å²) in [5.41, 5.74) is 7.66. The number of nitrogens with one attached hydrogen (secondary N) is 3. The van der Waals surface area contributed by atoms with Crippen LogP contribution in [-0.4, -0.2) is 41.0 Å². The van der Waals surface area contributed by atoms with Crippen molar-refractivity contribution in [2.75, 3.05) is 5.32 Å². The number of carbonyl (C=O) groups is 3. The topological polar surface area (TPSA) is 164 Å². The number of aromatic hydroxyl groups is 1. The van der Waals surface area contributed by atoms with E-state index in [1.165, 1.54) is 18.2 Å². The van der Waals surface area contributed by atoms with E-state index < -0.39 is 41.5 Å². The molecule has 3 amide bonds. The van der Waals surface area contributed by atoms with Gasteiger partial charge in [-0.15, -0.1) is 0 Å². The molecule has 3 aromatic rings. The molecule has 10 nitrogen and oxygen atoms in total. The maximum atomic E-state index is 13.5. The lowest BCUT2D eigenvalue weighted by Gasteiger charge is -2.26. The highest BCUT2D eigenvalue weighted by Gasteiger charge is 2.30. The predicted octanol–water partition coefficient (Wildman–Crippen LogP) is 2.99. The van der Waals surface area contributed by atoms with Gasteiger partial charge in [0.15, 0.2) is 0 Å². The predicted molar refractivity (Wildman–Crippen MR) is 154 cm³/mol. The monoisotopic (exact) mass is 550 g/mol. The van der Waals surface area contributed by atoms with Crippen molar-refractivity contribution in [1.82, 2.24) is 10.6 Å². The Morgan fingerprint density at radius 3 is 2.23 bits per heavy atom. The first-order valence-corrected chi connectivity index (χ1v) is 13.3. The fourth-order valence-electron chi connectivity index (χ4n) is 4.38. The molecule has 0 aliphatic rings. The molecule has 6 N–H and O–H groups in total. The molecule has 0 saturated heterocycles. The molecule has 1 heterocycles. The van der Waals surface area contributed by atoms with Gasteiger partial charge in [-0.2, -0.15) is 0 Å². The van der Waals surface area contributed by atoms with E-state index >= 15 is 0 Å². The number of hydrogen-bond donors (Lipinski definition) is 5. The van der Waals surface area contributed by atoms with Gasteiger partial charge < -0.3 is 31.2 Å². The molecule has 0 saturated carbocycles. The van der Waals surface area contributed by atoms with E-state index in [1.807, 2.05) is 13.8 Å². The van der Waals surface area contributed by atoms with Gasteiger partial charge in [-0.05, 0) is 60.6 Å². The van der Waals surface area contributed by atoms with Crippen LogP contribution in [-0.2, 0) is 20.8 Å². The summed E-state index contributed by atoms with van der Waals surface area (Å²) in [4.78, 5) is 51.4. The number of benzene rings is 2. The number of carbonyl (C=O) groups excluding carboxylic acids is 3. The van der Waals surface area contributed by atoms with Gasteiger partial charge in [-0.25, -0.2) is 4.79 Å². The molecule has 1 aromatic heterocycles. The first kappa shape index (κ1) is 30.4. The van der Waals surface area contributed by atoms with E-state index in [0.717, 1.165) is 10.9 Å². The third kappa shape index (κ3) is 8.16. The number of anilines is 1. The molecule has 10 heteroatoms. The maximum Gasteiger partial charge on any atom is 0.336 e. The highest BCUT2D eigenvalue weighted by Crippen LogP contribution is 2.21. The zero-order chi connectivity index (χ0) is 29.6. The molecule has 0 aliphatic carbocycles. The minimum atomic E-state index is -1.03. The Morgan fingerprint density at radius 2 is 1.60 bits per heavy atom. The Hall–Kier alpha value is -4.18. The number of phenols is 1. The van der Waals surface area contributed by atoms with Crippen molar-refractivity contribution in [2.24, 2.45) is 17.6 Å². The number of fused-ring (bicyclic) bond motifs is 1. The standard InChI is InChI=1S/C30H38N4O6/c1-16(2)12-23(31)28(37)34-27(17(3)4)30(39)33-24(14-19-6-9-21(35)10-7-19)29(38)32-20-8-11-22-18(5)13-26(36)40-25(22)15-20/h6-11,13,15-17,23-24,27,35H,12,14,31H2,1-5H3,(H,32,38)(H,33,39)(H,34,37)/t23-,24-,27-/m1/s1. The van der Waals surface area contributed by atoms with Gasteiger partial charge in [0.05, 0.1) is 6.04 Å². The summed E-state index contributed by atoms with van der Waals surface area (Å²) in [6.45, 7) is 9.28. The van der Waals surface area contributed by atoms with E-state index in [4.69, 9.17) is 10.2 Å². The first-order chi connectivity index (χ1) is 18.8. The molecule has 214 valence electrons. The van der Waals surface area contributed by atoms with E-state index in [1.54, 1.807) is 51.1 Å². The average molecular weight is 551 g/mol. The van der Waals surface area contributed by atoms with Crippen LogP contribution in [0.1, 0.15) is 45.2 Å².